The lowest BCUT2D eigenvalue weighted by Crippen LogP contribution is -2.29. The predicted molar refractivity (Wildman–Crippen MR) is 90.1 cm³/mol. The fourth-order valence-electron chi connectivity index (χ4n) is 2.47. The van der Waals surface area contributed by atoms with Gasteiger partial charge in [-0.3, -0.25) is 9.48 Å². The van der Waals surface area contributed by atoms with E-state index in [9.17, 15) is 4.79 Å². The van der Waals surface area contributed by atoms with E-state index in [0.717, 1.165) is 24.3 Å². The summed E-state index contributed by atoms with van der Waals surface area (Å²) < 4.78 is 1.72. The van der Waals surface area contributed by atoms with Gasteiger partial charge in [-0.25, -0.2) is 0 Å². The van der Waals surface area contributed by atoms with Gasteiger partial charge in [0.2, 0.25) is 5.91 Å². The molecule has 0 bridgehead atoms. The number of hydrogen-bond acceptors (Lipinski definition) is 3. The van der Waals surface area contributed by atoms with Crippen LogP contribution in [0.4, 0.5) is 5.69 Å². The molecule has 1 amide bonds. The second kappa shape index (κ2) is 6.16. The fourth-order valence-corrected chi connectivity index (χ4v) is 3.68. The Morgan fingerprint density at radius 1 is 1.36 bits per heavy atom. The molecule has 116 valence electrons. The number of nitrogens with zero attached hydrogens (tertiary/aromatic N) is 3. The Balaban J connectivity index is 1.56. The number of anilines is 1. The van der Waals surface area contributed by atoms with Crippen molar-refractivity contribution in [3.63, 3.8) is 0 Å². The van der Waals surface area contributed by atoms with Crippen LogP contribution in [-0.2, 0) is 11.8 Å². The molecule has 0 spiro atoms. The van der Waals surface area contributed by atoms with E-state index in [-0.39, 0.29) is 11.3 Å². The van der Waals surface area contributed by atoms with E-state index < -0.39 is 0 Å². The molecule has 0 radical (unpaired) electrons. The van der Waals surface area contributed by atoms with Crippen LogP contribution in [0, 0.1) is 5.41 Å². The Labute approximate surface area is 135 Å². The first-order chi connectivity index (χ1) is 10.6. The molecule has 1 aromatic heterocycles. The SMILES string of the molecule is CN(C(=O)CC1(CSc2ccccc2)CC1)c1cnn(C)c1. The van der Waals surface area contributed by atoms with Crippen LogP contribution in [-0.4, -0.2) is 28.5 Å². The first-order valence-electron chi connectivity index (χ1n) is 7.51. The molecule has 1 saturated carbocycles. The summed E-state index contributed by atoms with van der Waals surface area (Å²) in [7, 11) is 3.69. The highest BCUT2D eigenvalue weighted by atomic mass is 32.2. The van der Waals surface area contributed by atoms with Gasteiger partial charge in [0.25, 0.3) is 0 Å². The zero-order valence-corrected chi connectivity index (χ0v) is 13.8. The number of thioether (sulfide) groups is 1. The third-order valence-corrected chi connectivity index (χ3v) is 5.59. The van der Waals surface area contributed by atoms with Gasteiger partial charge in [-0.1, -0.05) is 18.2 Å². The zero-order valence-electron chi connectivity index (χ0n) is 13.0. The number of benzene rings is 1. The quantitative estimate of drug-likeness (QED) is 0.767. The van der Waals surface area contributed by atoms with E-state index in [0.29, 0.717) is 6.42 Å². The highest BCUT2D eigenvalue weighted by Gasteiger charge is 2.44. The van der Waals surface area contributed by atoms with Crippen LogP contribution in [0.3, 0.4) is 0 Å². The summed E-state index contributed by atoms with van der Waals surface area (Å²) in [6.07, 6.45) is 6.53. The van der Waals surface area contributed by atoms with Gasteiger partial charge in [-0.15, -0.1) is 11.8 Å². The van der Waals surface area contributed by atoms with Crippen molar-refractivity contribution in [1.82, 2.24) is 9.78 Å². The number of aromatic nitrogens is 2. The molecule has 1 heterocycles. The van der Waals surface area contributed by atoms with E-state index in [4.69, 9.17) is 0 Å². The molecule has 4 nitrogen and oxygen atoms in total. The summed E-state index contributed by atoms with van der Waals surface area (Å²) in [5.41, 5.74) is 1.05. The smallest absolute Gasteiger partial charge is 0.227 e. The summed E-state index contributed by atoms with van der Waals surface area (Å²) >= 11 is 1.86. The second-order valence-electron chi connectivity index (χ2n) is 6.10. The standard InChI is InChI=1S/C17H21N3OS/c1-19-12-14(11-18-19)20(2)16(21)10-17(8-9-17)13-22-15-6-4-3-5-7-15/h3-7,11-12H,8-10,13H2,1-2H3. The first-order valence-corrected chi connectivity index (χ1v) is 8.50. The summed E-state index contributed by atoms with van der Waals surface area (Å²) in [6, 6.07) is 10.4. The summed E-state index contributed by atoms with van der Waals surface area (Å²) in [4.78, 5) is 15.5. The molecule has 22 heavy (non-hydrogen) atoms. The van der Waals surface area contributed by atoms with Gasteiger partial charge < -0.3 is 4.90 Å². The third-order valence-electron chi connectivity index (χ3n) is 4.22. The Morgan fingerprint density at radius 2 is 2.09 bits per heavy atom. The molecule has 1 aromatic carbocycles. The molecule has 1 aliphatic carbocycles. The van der Waals surface area contributed by atoms with Gasteiger partial charge in [0.05, 0.1) is 11.9 Å². The minimum absolute atomic E-state index is 0.180. The molecule has 3 rings (SSSR count). The number of aryl methyl sites for hydroxylation is 1. The summed E-state index contributed by atoms with van der Waals surface area (Å²) in [6.45, 7) is 0. The van der Waals surface area contributed by atoms with Crippen molar-refractivity contribution < 1.29 is 4.79 Å². The normalized spacial score (nSPS) is 15.5. The molecular weight excluding hydrogens is 294 g/mol. The summed E-state index contributed by atoms with van der Waals surface area (Å²) in [5, 5.41) is 4.13. The largest absolute Gasteiger partial charge is 0.313 e. The number of carbonyl (C=O) groups excluding carboxylic acids is 1. The van der Waals surface area contributed by atoms with Gasteiger partial charge in [0, 0.05) is 37.4 Å². The van der Waals surface area contributed by atoms with Crippen LogP contribution >= 0.6 is 11.8 Å². The van der Waals surface area contributed by atoms with Crippen molar-refractivity contribution in [3.05, 3.63) is 42.7 Å². The molecule has 0 saturated heterocycles. The number of rotatable bonds is 6. The average Bonchev–Trinajstić information content (AvgIpc) is 3.16. The molecule has 0 aliphatic heterocycles. The third kappa shape index (κ3) is 3.53. The fraction of sp³-hybridized carbons (Fsp3) is 0.412. The molecule has 0 N–H and O–H groups in total. The van der Waals surface area contributed by atoms with Crippen LogP contribution < -0.4 is 4.90 Å². The van der Waals surface area contributed by atoms with Crippen molar-refractivity contribution >= 4 is 23.4 Å². The Hall–Kier alpha value is -1.75. The lowest BCUT2D eigenvalue weighted by Gasteiger charge is -2.20. The lowest BCUT2D eigenvalue weighted by molar-refractivity contribution is -0.119. The van der Waals surface area contributed by atoms with Crippen LogP contribution in [0.1, 0.15) is 19.3 Å². The maximum absolute atomic E-state index is 12.5. The number of carbonyl (C=O) groups is 1. The van der Waals surface area contributed by atoms with E-state index in [1.165, 1.54) is 4.90 Å². The molecule has 0 unspecified atom stereocenters. The Morgan fingerprint density at radius 3 is 2.68 bits per heavy atom. The van der Waals surface area contributed by atoms with E-state index in [1.54, 1.807) is 15.8 Å². The van der Waals surface area contributed by atoms with Crippen LogP contribution in [0.5, 0.6) is 0 Å². The highest BCUT2D eigenvalue weighted by Crippen LogP contribution is 2.52. The van der Waals surface area contributed by atoms with E-state index in [1.807, 2.05) is 38.1 Å². The van der Waals surface area contributed by atoms with Gasteiger partial charge in [-0.05, 0) is 30.4 Å². The average molecular weight is 315 g/mol. The van der Waals surface area contributed by atoms with Crippen molar-refractivity contribution in [1.29, 1.82) is 0 Å². The lowest BCUT2D eigenvalue weighted by atomic mass is 10.0. The van der Waals surface area contributed by atoms with Gasteiger partial charge in [-0.2, -0.15) is 5.10 Å². The van der Waals surface area contributed by atoms with Gasteiger partial charge in [0.1, 0.15) is 0 Å². The van der Waals surface area contributed by atoms with Gasteiger partial charge >= 0.3 is 0 Å². The van der Waals surface area contributed by atoms with Crippen molar-refractivity contribution in [2.75, 3.05) is 17.7 Å². The maximum Gasteiger partial charge on any atom is 0.227 e. The predicted octanol–water partition coefficient (Wildman–Crippen LogP) is 3.35. The monoisotopic (exact) mass is 315 g/mol. The molecule has 2 aromatic rings. The first kappa shape index (κ1) is 15.2. The molecule has 1 fully saturated rings. The van der Waals surface area contributed by atoms with Crippen molar-refractivity contribution in [2.45, 2.75) is 24.2 Å². The van der Waals surface area contributed by atoms with Gasteiger partial charge in [0.15, 0.2) is 0 Å². The van der Waals surface area contributed by atoms with E-state index >= 15 is 0 Å². The Bertz CT molecular complexity index is 649. The number of amides is 1. The van der Waals surface area contributed by atoms with E-state index in [2.05, 4.69) is 29.4 Å². The highest BCUT2D eigenvalue weighted by molar-refractivity contribution is 7.99. The van der Waals surface area contributed by atoms with Crippen molar-refractivity contribution in [3.8, 4) is 0 Å². The Kier molecular flexibility index (Phi) is 4.25. The van der Waals surface area contributed by atoms with Crippen LogP contribution in [0.15, 0.2) is 47.6 Å². The zero-order chi connectivity index (χ0) is 15.6. The molecule has 5 heteroatoms. The molecular formula is C17H21N3OS. The van der Waals surface area contributed by atoms with Crippen LogP contribution in [0.2, 0.25) is 0 Å². The minimum Gasteiger partial charge on any atom is -0.313 e. The second-order valence-corrected chi connectivity index (χ2v) is 7.15. The molecule has 0 atom stereocenters. The number of hydrogen-bond donors (Lipinski definition) is 0. The van der Waals surface area contributed by atoms with Crippen LogP contribution in [0.25, 0.3) is 0 Å². The van der Waals surface area contributed by atoms with Crippen molar-refractivity contribution in [2.24, 2.45) is 12.5 Å². The maximum atomic E-state index is 12.5. The minimum atomic E-state index is 0.180. The topological polar surface area (TPSA) is 38.1 Å². The molecule has 1 aliphatic rings. The summed E-state index contributed by atoms with van der Waals surface area (Å²) in [5.74, 6) is 1.20.